The molecule has 1 atom stereocenters. The van der Waals surface area contributed by atoms with Gasteiger partial charge in [0.05, 0.1) is 31.5 Å². The van der Waals surface area contributed by atoms with Crippen molar-refractivity contribution in [3.8, 4) is 22.9 Å². The third-order valence-corrected chi connectivity index (χ3v) is 5.79. The predicted molar refractivity (Wildman–Crippen MR) is 122 cm³/mol. The molecular formula is C25H21FN4O5. The van der Waals surface area contributed by atoms with E-state index in [-0.39, 0.29) is 35.9 Å². The number of phenols is 1. The molecule has 2 aromatic heterocycles. The second-order valence-electron chi connectivity index (χ2n) is 7.91. The Bertz CT molecular complexity index is 1400. The summed E-state index contributed by atoms with van der Waals surface area (Å²) in [5.41, 5.74) is 2.28. The molecule has 2 amide bonds. The molecule has 5 rings (SSSR count). The number of aromatic hydroxyl groups is 1. The molecule has 0 spiro atoms. The molecule has 0 saturated heterocycles. The lowest BCUT2D eigenvalue weighted by Crippen LogP contribution is -2.45. The summed E-state index contributed by atoms with van der Waals surface area (Å²) >= 11 is 0. The van der Waals surface area contributed by atoms with E-state index in [1.807, 2.05) is 0 Å². The van der Waals surface area contributed by atoms with Gasteiger partial charge in [-0.15, -0.1) is 0 Å². The molecule has 0 saturated carbocycles. The van der Waals surface area contributed by atoms with E-state index >= 15 is 0 Å². The van der Waals surface area contributed by atoms with Crippen LogP contribution in [0.4, 0.5) is 9.18 Å². The van der Waals surface area contributed by atoms with Gasteiger partial charge in [0.15, 0.2) is 11.5 Å². The van der Waals surface area contributed by atoms with Gasteiger partial charge in [0.25, 0.3) is 5.89 Å². The SMILES string of the molecule is COc1ccc(C2NC(=O)N(Cc3ccco3)C(C)=C2c2nc(-c3ccc(F)cc3)no2)cc1O. The number of urea groups is 1. The van der Waals surface area contributed by atoms with Crippen molar-refractivity contribution in [2.24, 2.45) is 0 Å². The highest BCUT2D eigenvalue weighted by atomic mass is 19.1. The number of amides is 2. The summed E-state index contributed by atoms with van der Waals surface area (Å²) in [5, 5.41) is 17.4. The Kier molecular flexibility index (Phi) is 5.69. The van der Waals surface area contributed by atoms with Gasteiger partial charge in [-0.25, -0.2) is 9.18 Å². The number of hydrogen-bond donors (Lipinski definition) is 2. The molecule has 4 aromatic rings. The van der Waals surface area contributed by atoms with E-state index in [4.69, 9.17) is 13.7 Å². The molecule has 2 aromatic carbocycles. The first-order valence-corrected chi connectivity index (χ1v) is 10.7. The van der Waals surface area contributed by atoms with E-state index in [1.165, 1.54) is 36.5 Å². The zero-order valence-electron chi connectivity index (χ0n) is 18.9. The Morgan fingerprint density at radius 2 is 2.00 bits per heavy atom. The van der Waals surface area contributed by atoms with Crippen LogP contribution in [-0.2, 0) is 6.54 Å². The van der Waals surface area contributed by atoms with Gasteiger partial charge in [-0.3, -0.25) is 4.90 Å². The van der Waals surface area contributed by atoms with Crippen molar-refractivity contribution >= 4 is 11.6 Å². The Labute approximate surface area is 199 Å². The molecule has 1 aliphatic rings. The van der Waals surface area contributed by atoms with E-state index in [2.05, 4.69) is 15.5 Å². The monoisotopic (exact) mass is 476 g/mol. The molecule has 0 aliphatic carbocycles. The second-order valence-corrected chi connectivity index (χ2v) is 7.91. The number of nitrogens with zero attached hydrogens (tertiary/aromatic N) is 3. The van der Waals surface area contributed by atoms with Gasteiger partial charge in [0, 0.05) is 11.3 Å². The van der Waals surface area contributed by atoms with Gasteiger partial charge in [-0.2, -0.15) is 4.98 Å². The minimum absolute atomic E-state index is 0.0770. The molecule has 35 heavy (non-hydrogen) atoms. The number of methoxy groups -OCH3 is 1. The fourth-order valence-corrected chi connectivity index (χ4v) is 3.99. The van der Waals surface area contributed by atoms with Gasteiger partial charge in [-0.1, -0.05) is 11.2 Å². The van der Waals surface area contributed by atoms with E-state index in [0.717, 1.165) is 0 Å². The van der Waals surface area contributed by atoms with Crippen LogP contribution in [-0.4, -0.2) is 33.3 Å². The average Bonchev–Trinajstić information content (AvgIpc) is 3.54. The third-order valence-electron chi connectivity index (χ3n) is 5.79. The topological polar surface area (TPSA) is 114 Å². The van der Waals surface area contributed by atoms with Crippen LogP contribution in [0.3, 0.4) is 0 Å². The summed E-state index contributed by atoms with van der Waals surface area (Å²) in [6.45, 7) is 1.96. The highest BCUT2D eigenvalue weighted by Gasteiger charge is 2.36. The van der Waals surface area contributed by atoms with Crippen LogP contribution in [0.5, 0.6) is 11.5 Å². The quantitative estimate of drug-likeness (QED) is 0.408. The van der Waals surface area contributed by atoms with Gasteiger partial charge in [0.2, 0.25) is 5.82 Å². The average molecular weight is 476 g/mol. The minimum Gasteiger partial charge on any atom is -0.504 e. The number of hydrogen-bond acceptors (Lipinski definition) is 7. The summed E-state index contributed by atoms with van der Waals surface area (Å²) in [6.07, 6.45) is 1.53. The number of nitrogens with one attached hydrogen (secondary N) is 1. The fourth-order valence-electron chi connectivity index (χ4n) is 3.99. The molecule has 2 N–H and O–H groups in total. The van der Waals surface area contributed by atoms with Crippen molar-refractivity contribution in [1.82, 2.24) is 20.4 Å². The van der Waals surface area contributed by atoms with Crippen LogP contribution in [0.1, 0.15) is 30.2 Å². The van der Waals surface area contributed by atoms with Crippen molar-refractivity contribution in [2.45, 2.75) is 19.5 Å². The number of aromatic nitrogens is 2. The lowest BCUT2D eigenvalue weighted by atomic mass is 9.94. The number of benzene rings is 2. The zero-order valence-corrected chi connectivity index (χ0v) is 18.9. The van der Waals surface area contributed by atoms with E-state index in [9.17, 15) is 14.3 Å². The first-order chi connectivity index (χ1) is 16.9. The van der Waals surface area contributed by atoms with Crippen molar-refractivity contribution < 1.29 is 28.0 Å². The van der Waals surface area contributed by atoms with Crippen LogP contribution in [0.15, 0.2) is 75.5 Å². The lowest BCUT2D eigenvalue weighted by Gasteiger charge is -2.34. The minimum atomic E-state index is -0.700. The summed E-state index contributed by atoms with van der Waals surface area (Å²) in [5.74, 6) is 0.884. The zero-order chi connectivity index (χ0) is 24.5. The van der Waals surface area contributed by atoms with Gasteiger partial charge >= 0.3 is 6.03 Å². The molecule has 0 radical (unpaired) electrons. The Balaban J connectivity index is 1.60. The lowest BCUT2D eigenvalue weighted by molar-refractivity contribution is 0.199. The number of halogens is 1. The van der Waals surface area contributed by atoms with Crippen LogP contribution in [0, 0.1) is 5.82 Å². The molecule has 178 valence electrons. The standard InChI is InChI=1S/C25H21FN4O5/c1-14-21(24-28-23(29-35-24)15-5-8-17(26)9-6-15)22(16-7-10-20(33-2)19(31)12-16)27-25(32)30(14)13-18-4-3-11-34-18/h3-12,22,31H,13H2,1-2H3,(H,27,32). The van der Waals surface area contributed by atoms with Crippen molar-refractivity contribution in [3.05, 3.63) is 89.6 Å². The van der Waals surface area contributed by atoms with Crippen molar-refractivity contribution in [2.75, 3.05) is 7.11 Å². The maximum Gasteiger partial charge on any atom is 0.322 e. The number of carbonyl (C=O) groups excluding carboxylic acids is 1. The largest absolute Gasteiger partial charge is 0.504 e. The molecular weight excluding hydrogens is 455 g/mol. The molecule has 0 bridgehead atoms. The van der Waals surface area contributed by atoms with Gasteiger partial charge in [0.1, 0.15) is 11.6 Å². The first-order valence-electron chi connectivity index (χ1n) is 10.7. The number of phenolic OH excluding ortho intramolecular Hbond substituents is 1. The van der Waals surface area contributed by atoms with Gasteiger partial charge in [-0.05, 0) is 61.0 Å². The summed E-state index contributed by atoms with van der Waals surface area (Å²) < 4.78 is 29.5. The summed E-state index contributed by atoms with van der Waals surface area (Å²) in [7, 11) is 1.45. The maximum atomic E-state index is 13.4. The normalized spacial score (nSPS) is 15.9. The molecule has 0 fully saturated rings. The van der Waals surface area contributed by atoms with E-state index in [1.54, 1.807) is 43.3 Å². The third kappa shape index (κ3) is 4.21. The van der Waals surface area contributed by atoms with Crippen LogP contribution in [0.2, 0.25) is 0 Å². The number of allylic oxidation sites excluding steroid dienone is 1. The molecule has 3 heterocycles. The van der Waals surface area contributed by atoms with Crippen LogP contribution < -0.4 is 10.1 Å². The summed E-state index contributed by atoms with van der Waals surface area (Å²) in [6, 6.07) is 13.0. The number of furan rings is 1. The Hall–Kier alpha value is -4.60. The number of ether oxygens (including phenoxy) is 1. The van der Waals surface area contributed by atoms with E-state index in [0.29, 0.717) is 33.9 Å². The smallest absolute Gasteiger partial charge is 0.322 e. The van der Waals surface area contributed by atoms with Crippen LogP contribution >= 0.6 is 0 Å². The molecule has 1 unspecified atom stereocenters. The highest BCUT2D eigenvalue weighted by Crippen LogP contribution is 2.40. The molecule has 10 heteroatoms. The first kappa shape index (κ1) is 22.2. The van der Waals surface area contributed by atoms with Crippen molar-refractivity contribution in [3.63, 3.8) is 0 Å². The predicted octanol–water partition coefficient (Wildman–Crippen LogP) is 4.88. The second kappa shape index (κ2) is 8.98. The number of rotatable bonds is 6. The molecule has 9 nitrogen and oxygen atoms in total. The molecule has 1 aliphatic heterocycles. The highest BCUT2D eigenvalue weighted by molar-refractivity contribution is 5.87. The Morgan fingerprint density at radius 1 is 1.20 bits per heavy atom. The maximum absolute atomic E-state index is 13.4. The van der Waals surface area contributed by atoms with Gasteiger partial charge < -0.3 is 24.1 Å². The van der Waals surface area contributed by atoms with Crippen LogP contribution in [0.25, 0.3) is 17.0 Å². The number of carbonyl (C=O) groups is 1. The summed E-state index contributed by atoms with van der Waals surface area (Å²) in [4.78, 5) is 19.1. The van der Waals surface area contributed by atoms with Crippen molar-refractivity contribution in [1.29, 1.82) is 0 Å². The van der Waals surface area contributed by atoms with E-state index < -0.39 is 6.04 Å². The fraction of sp³-hybridized carbons (Fsp3) is 0.160. The Morgan fingerprint density at radius 3 is 2.69 bits per heavy atom.